The maximum absolute atomic E-state index is 12.2. The Bertz CT molecular complexity index is 802. The summed E-state index contributed by atoms with van der Waals surface area (Å²) >= 11 is 11.6. The molecule has 0 saturated heterocycles. The number of hydrogen-bond donors (Lipinski definition) is 0. The van der Waals surface area contributed by atoms with E-state index in [9.17, 15) is 19.7 Å². The molecular weight excluding hydrogens is 329 g/mol. The zero-order valence-corrected chi connectivity index (χ0v) is 12.8. The largest absolute Gasteiger partial charge is 0.288 e. The highest BCUT2D eigenvalue weighted by Crippen LogP contribution is 2.26. The average Bonchev–Trinajstić information content (AvgIpc) is 2.46. The van der Waals surface area contributed by atoms with E-state index in [1.807, 2.05) is 0 Å². The number of ketones is 2. The van der Waals surface area contributed by atoms with Crippen LogP contribution in [0.2, 0.25) is 10.0 Å². The lowest BCUT2D eigenvalue weighted by Gasteiger charge is -2.04. The van der Waals surface area contributed by atoms with E-state index in [4.69, 9.17) is 23.2 Å². The van der Waals surface area contributed by atoms with Crippen molar-refractivity contribution in [1.82, 2.24) is 0 Å². The van der Waals surface area contributed by atoms with Crippen LogP contribution >= 0.6 is 23.2 Å². The smallest absolute Gasteiger partial charge is 0.285 e. The first-order valence-corrected chi connectivity index (χ1v) is 6.86. The Morgan fingerprint density at radius 3 is 2.27 bits per heavy atom. The number of carbonyl (C=O) groups excluding carboxylic acids is 2. The fraction of sp³-hybridized carbons (Fsp3) is 0.0667. The summed E-state index contributed by atoms with van der Waals surface area (Å²) in [6, 6.07) is 8.10. The van der Waals surface area contributed by atoms with E-state index >= 15 is 0 Å². The molecule has 2 aromatic rings. The second-order valence-corrected chi connectivity index (χ2v) is 5.38. The summed E-state index contributed by atoms with van der Waals surface area (Å²) < 4.78 is 0. The monoisotopic (exact) mass is 337 g/mol. The summed E-state index contributed by atoms with van der Waals surface area (Å²) in [4.78, 5) is 34.5. The van der Waals surface area contributed by atoms with Crippen LogP contribution in [0.3, 0.4) is 0 Å². The van der Waals surface area contributed by atoms with Gasteiger partial charge in [-0.05, 0) is 36.8 Å². The molecule has 7 heteroatoms. The first kappa shape index (κ1) is 16.1. The van der Waals surface area contributed by atoms with Crippen molar-refractivity contribution in [1.29, 1.82) is 0 Å². The van der Waals surface area contributed by atoms with Crippen molar-refractivity contribution in [2.75, 3.05) is 0 Å². The van der Waals surface area contributed by atoms with E-state index in [0.717, 1.165) is 11.6 Å². The van der Waals surface area contributed by atoms with Crippen LogP contribution in [0.25, 0.3) is 0 Å². The van der Waals surface area contributed by atoms with Gasteiger partial charge in [-0.1, -0.05) is 29.3 Å². The van der Waals surface area contributed by atoms with Crippen LogP contribution in [-0.4, -0.2) is 16.5 Å². The molecule has 0 saturated carbocycles. The van der Waals surface area contributed by atoms with Gasteiger partial charge >= 0.3 is 0 Å². The van der Waals surface area contributed by atoms with Crippen LogP contribution in [0.1, 0.15) is 26.3 Å². The number of nitro benzene ring substituents is 1. The summed E-state index contributed by atoms with van der Waals surface area (Å²) in [6.07, 6.45) is 0. The molecule has 0 atom stereocenters. The lowest BCUT2D eigenvalue weighted by molar-refractivity contribution is -0.384. The normalized spacial score (nSPS) is 10.3. The van der Waals surface area contributed by atoms with Crippen LogP contribution in [0.5, 0.6) is 0 Å². The van der Waals surface area contributed by atoms with E-state index in [1.54, 1.807) is 19.1 Å². The molecule has 2 aromatic carbocycles. The van der Waals surface area contributed by atoms with Gasteiger partial charge in [-0.25, -0.2) is 0 Å². The minimum Gasteiger partial charge on any atom is -0.285 e. The van der Waals surface area contributed by atoms with Gasteiger partial charge in [0.25, 0.3) is 5.69 Å². The van der Waals surface area contributed by atoms with Gasteiger partial charge < -0.3 is 0 Å². The molecule has 0 heterocycles. The lowest BCUT2D eigenvalue weighted by Crippen LogP contribution is -2.15. The summed E-state index contributed by atoms with van der Waals surface area (Å²) in [5.74, 6) is -1.72. The first-order valence-electron chi connectivity index (χ1n) is 6.10. The number of aryl methyl sites for hydroxylation is 1. The number of Topliss-reactive ketones (excluding diaryl/α,β-unsaturated/α-hetero) is 2. The van der Waals surface area contributed by atoms with E-state index in [0.29, 0.717) is 0 Å². The number of nitrogens with zero attached hydrogens (tertiary/aromatic N) is 1. The van der Waals surface area contributed by atoms with Crippen molar-refractivity contribution < 1.29 is 14.5 Å². The third kappa shape index (κ3) is 3.16. The van der Waals surface area contributed by atoms with Gasteiger partial charge in [-0.3, -0.25) is 19.7 Å². The Kier molecular flexibility index (Phi) is 4.59. The number of nitro groups is 1. The molecule has 0 aliphatic carbocycles. The van der Waals surface area contributed by atoms with Gasteiger partial charge in [0.15, 0.2) is 0 Å². The third-order valence-corrected chi connectivity index (χ3v) is 3.61. The second kappa shape index (κ2) is 6.25. The van der Waals surface area contributed by atoms with Gasteiger partial charge in [-0.2, -0.15) is 0 Å². The fourth-order valence-electron chi connectivity index (χ4n) is 1.85. The van der Waals surface area contributed by atoms with Crippen molar-refractivity contribution in [2.45, 2.75) is 6.92 Å². The maximum atomic E-state index is 12.2. The van der Waals surface area contributed by atoms with Gasteiger partial charge in [0, 0.05) is 17.2 Å². The third-order valence-electron chi connectivity index (χ3n) is 2.98. The molecule has 112 valence electrons. The first-order chi connectivity index (χ1) is 10.3. The summed E-state index contributed by atoms with van der Waals surface area (Å²) in [6.45, 7) is 1.80. The average molecular weight is 338 g/mol. The molecule has 0 aliphatic heterocycles. The second-order valence-electron chi connectivity index (χ2n) is 4.56. The highest BCUT2D eigenvalue weighted by atomic mass is 35.5. The molecule has 5 nitrogen and oxygen atoms in total. The number of rotatable bonds is 4. The van der Waals surface area contributed by atoms with Crippen LogP contribution in [0.4, 0.5) is 5.69 Å². The molecule has 0 unspecified atom stereocenters. The lowest BCUT2D eigenvalue weighted by atomic mass is 10.0. The summed E-state index contributed by atoms with van der Waals surface area (Å²) in [5, 5.41) is 10.9. The van der Waals surface area contributed by atoms with Crippen LogP contribution in [0.15, 0.2) is 36.4 Å². The molecular formula is C15H9Cl2NO4. The number of halogens is 2. The molecule has 0 spiro atoms. The Hall–Kier alpha value is -2.24. The predicted octanol–water partition coefficient (Wildman–Crippen LogP) is 4.28. The van der Waals surface area contributed by atoms with E-state index in [1.165, 1.54) is 18.2 Å². The zero-order valence-electron chi connectivity index (χ0n) is 11.3. The maximum Gasteiger partial charge on any atom is 0.288 e. The van der Waals surface area contributed by atoms with Crippen molar-refractivity contribution >= 4 is 40.5 Å². The van der Waals surface area contributed by atoms with Gasteiger partial charge in [0.2, 0.25) is 11.6 Å². The highest BCUT2D eigenvalue weighted by Gasteiger charge is 2.23. The molecule has 0 radical (unpaired) electrons. The molecule has 0 aliphatic rings. The molecule has 22 heavy (non-hydrogen) atoms. The van der Waals surface area contributed by atoms with Crippen molar-refractivity contribution in [3.05, 3.63) is 73.2 Å². The van der Waals surface area contributed by atoms with E-state index < -0.39 is 22.2 Å². The fourth-order valence-corrected chi connectivity index (χ4v) is 2.36. The SMILES string of the molecule is Cc1ccc(C(=O)C(=O)c2ccc(Cl)c([N+](=O)[O-])c2)c(Cl)c1. The molecule has 2 rings (SSSR count). The van der Waals surface area contributed by atoms with E-state index in [2.05, 4.69) is 0 Å². The molecule has 0 fully saturated rings. The topological polar surface area (TPSA) is 77.3 Å². The summed E-state index contributed by atoms with van der Waals surface area (Å²) in [5.41, 5.74) is 0.346. The minimum atomic E-state index is -0.884. The Morgan fingerprint density at radius 1 is 1.00 bits per heavy atom. The quantitative estimate of drug-likeness (QED) is 0.361. The van der Waals surface area contributed by atoms with Crippen LogP contribution < -0.4 is 0 Å². The van der Waals surface area contributed by atoms with E-state index in [-0.39, 0.29) is 21.2 Å². The molecule has 0 bridgehead atoms. The standard InChI is InChI=1S/C15H9Cl2NO4/c1-8-2-4-10(12(17)6-8)15(20)14(19)9-3-5-11(16)13(7-9)18(21)22/h2-7H,1H3. The molecule has 0 aromatic heterocycles. The number of carbonyl (C=O) groups is 2. The summed E-state index contributed by atoms with van der Waals surface area (Å²) in [7, 11) is 0. The van der Waals surface area contributed by atoms with Crippen molar-refractivity contribution in [3.8, 4) is 0 Å². The predicted molar refractivity (Wildman–Crippen MR) is 83.0 cm³/mol. The Morgan fingerprint density at radius 2 is 1.68 bits per heavy atom. The van der Waals surface area contributed by atoms with Crippen LogP contribution in [0, 0.1) is 17.0 Å². The van der Waals surface area contributed by atoms with Gasteiger partial charge in [0.05, 0.1) is 9.95 Å². The highest BCUT2D eigenvalue weighted by molar-refractivity contribution is 6.52. The van der Waals surface area contributed by atoms with Crippen molar-refractivity contribution in [3.63, 3.8) is 0 Å². The van der Waals surface area contributed by atoms with Gasteiger partial charge in [-0.15, -0.1) is 0 Å². The Balaban J connectivity index is 2.41. The minimum absolute atomic E-state index is 0.0508. The van der Waals surface area contributed by atoms with Gasteiger partial charge in [0.1, 0.15) is 5.02 Å². The van der Waals surface area contributed by atoms with Crippen molar-refractivity contribution in [2.24, 2.45) is 0 Å². The molecule has 0 amide bonds. The number of hydrogen-bond acceptors (Lipinski definition) is 4. The zero-order chi connectivity index (χ0) is 16.4. The van der Waals surface area contributed by atoms with Crippen LogP contribution in [-0.2, 0) is 0 Å². The Labute approximate surface area is 135 Å². The molecule has 0 N–H and O–H groups in total. The number of benzene rings is 2.